The third-order valence-corrected chi connectivity index (χ3v) is 3.92. The first-order chi connectivity index (χ1) is 9.30. The lowest BCUT2D eigenvalue weighted by Crippen LogP contribution is -2.26. The van der Waals surface area contributed by atoms with Gasteiger partial charge in [-0.2, -0.15) is 0 Å². The summed E-state index contributed by atoms with van der Waals surface area (Å²) in [6.07, 6.45) is 8.08. The van der Waals surface area contributed by atoms with E-state index >= 15 is 0 Å². The molecule has 1 nitrogen and oxygen atoms in total. The van der Waals surface area contributed by atoms with Gasteiger partial charge in [-0.25, -0.2) is 0 Å². The molecular formula is C18H31N. The molecule has 0 atom stereocenters. The van der Waals surface area contributed by atoms with E-state index in [9.17, 15) is 0 Å². The summed E-state index contributed by atoms with van der Waals surface area (Å²) in [6.45, 7) is 8.79. The summed E-state index contributed by atoms with van der Waals surface area (Å²) in [6, 6.07) is 8.96. The first-order valence-electron chi connectivity index (χ1n) is 8.08. The minimum atomic E-state index is 0.958. The lowest BCUT2D eigenvalue weighted by atomic mass is 9.85. The first-order valence-corrected chi connectivity index (χ1v) is 8.08. The molecule has 1 saturated carbocycles. The van der Waals surface area contributed by atoms with Crippen molar-refractivity contribution in [2.45, 2.75) is 65.8 Å². The Morgan fingerprint density at radius 1 is 0.947 bits per heavy atom. The molecule has 2 rings (SSSR count). The standard InChI is InChI=1S/C14H21N.C4H10/c1-2-12-6-8-14(9-7-12)11-15-10-13-4-3-5-13;1-3-4-2/h6-9,13,15H,2-5,10-11H2,1H3;3-4H2,1-2H3. The second-order valence-electron chi connectivity index (χ2n) is 5.60. The third-order valence-electron chi connectivity index (χ3n) is 3.92. The molecule has 0 aliphatic heterocycles. The molecular weight excluding hydrogens is 230 g/mol. The molecule has 0 aromatic heterocycles. The lowest BCUT2D eigenvalue weighted by molar-refractivity contribution is 0.301. The number of unbranched alkanes of at least 4 members (excludes halogenated alkanes) is 1. The predicted octanol–water partition coefficient (Wildman–Crippen LogP) is 4.95. The highest BCUT2D eigenvalue weighted by Gasteiger charge is 2.16. The van der Waals surface area contributed by atoms with E-state index in [1.807, 2.05) is 0 Å². The third kappa shape index (κ3) is 6.77. The maximum atomic E-state index is 3.54. The number of hydrogen-bond donors (Lipinski definition) is 1. The molecule has 1 N–H and O–H groups in total. The fourth-order valence-electron chi connectivity index (χ4n) is 2.01. The number of benzene rings is 1. The van der Waals surface area contributed by atoms with E-state index < -0.39 is 0 Å². The molecule has 19 heavy (non-hydrogen) atoms. The topological polar surface area (TPSA) is 12.0 Å². The Morgan fingerprint density at radius 2 is 1.53 bits per heavy atom. The van der Waals surface area contributed by atoms with Crippen LogP contribution in [0.3, 0.4) is 0 Å². The Labute approximate surface area is 119 Å². The molecule has 1 fully saturated rings. The maximum absolute atomic E-state index is 3.54. The highest BCUT2D eigenvalue weighted by Crippen LogP contribution is 2.25. The van der Waals surface area contributed by atoms with Crippen LogP contribution in [0.1, 0.15) is 64.0 Å². The summed E-state index contributed by atoms with van der Waals surface area (Å²) < 4.78 is 0. The summed E-state index contributed by atoms with van der Waals surface area (Å²) in [5.74, 6) is 0.958. The summed E-state index contributed by atoms with van der Waals surface area (Å²) in [4.78, 5) is 0. The number of rotatable bonds is 6. The fraction of sp³-hybridized carbons (Fsp3) is 0.667. The molecule has 1 aliphatic carbocycles. The summed E-state index contributed by atoms with van der Waals surface area (Å²) in [5.41, 5.74) is 2.84. The van der Waals surface area contributed by atoms with Crippen molar-refractivity contribution in [1.29, 1.82) is 0 Å². The fourth-order valence-corrected chi connectivity index (χ4v) is 2.01. The van der Waals surface area contributed by atoms with Crippen LogP contribution in [0, 0.1) is 5.92 Å². The zero-order valence-electron chi connectivity index (χ0n) is 13.0. The number of nitrogens with one attached hydrogen (secondary N) is 1. The van der Waals surface area contributed by atoms with E-state index in [-0.39, 0.29) is 0 Å². The Hall–Kier alpha value is -0.820. The smallest absolute Gasteiger partial charge is 0.0205 e. The highest BCUT2D eigenvalue weighted by atomic mass is 14.9. The lowest BCUT2D eigenvalue weighted by Gasteiger charge is -2.25. The van der Waals surface area contributed by atoms with E-state index in [1.165, 1.54) is 49.8 Å². The van der Waals surface area contributed by atoms with Crippen LogP contribution in [0.4, 0.5) is 0 Å². The van der Waals surface area contributed by atoms with Crippen LogP contribution in [0.2, 0.25) is 0 Å². The molecule has 1 aromatic rings. The molecule has 0 spiro atoms. The zero-order chi connectivity index (χ0) is 13.9. The summed E-state index contributed by atoms with van der Waals surface area (Å²) >= 11 is 0. The van der Waals surface area contributed by atoms with E-state index in [1.54, 1.807) is 0 Å². The predicted molar refractivity (Wildman–Crippen MR) is 85.4 cm³/mol. The van der Waals surface area contributed by atoms with Crippen molar-refractivity contribution in [2.75, 3.05) is 6.54 Å². The summed E-state index contributed by atoms with van der Waals surface area (Å²) in [5, 5.41) is 3.54. The average molecular weight is 261 g/mol. The van der Waals surface area contributed by atoms with E-state index in [2.05, 4.69) is 50.4 Å². The van der Waals surface area contributed by atoms with Crippen LogP contribution >= 0.6 is 0 Å². The molecule has 0 heterocycles. The molecule has 1 aliphatic rings. The quantitative estimate of drug-likeness (QED) is 0.764. The van der Waals surface area contributed by atoms with Gasteiger partial charge >= 0.3 is 0 Å². The SMILES string of the molecule is CCCC.CCc1ccc(CNCC2CCC2)cc1. The first kappa shape index (κ1) is 16.2. The monoisotopic (exact) mass is 261 g/mol. The van der Waals surface area contributed by atoms with E-state index in [0.717, 1.165) is 18.9 Å². The van der Waals surface area contributed by atoms with Gasteiger partial charge in [0.05, 0.1) is 0 Å². The van der Waals surface area contributed by atoms with Crippen molar-refractivity contribution in [3.8, 4) is 0 Å². The Balaban J connectivity index is 0.000000399. The van der Waals surface area contributed by atoms with Crippen LogP contribution in [-0.4, -0.2) is 6.54 Å². The van der Waals surface area contributed by atoms with Crippen molar-refractivity contribution < 1.29 is 0 Å². The van der Waals surface area contributed by atoms with Crippen LogP contribution in [0.5, 0.6) is 0 Å². The second kappa shape index (κ2) is 10.0. The Morgan fingerprint density at radius 3 is 1.95 bits per heavy atom. The van der Waals surface area contributed by atoms with Crippen molar-refractivity contribution >= 4 is 0 Å². The van der Waals surface area contributed by atoms with Crippen molar-refractivity contribution in [3.63, 3.8) is 0 Å². The summed E-state index contributed by atoms with van der Waals surface area (Å²) in [7, 11) is 0. The van der Waals surface area contributed by atoms with Gasteiger partial charge in [0.15, 0.2) is 0 Å². The molecule has 0 bridgehead atoms. The van der Waals surface area contributed by atoms with Gasteiger partial charge in [-0.1, -0.05) is 64.3 Å². The normalized spacial score (nSPS) is 14.5. The van der Waals surface area contributed by atoms with Gasteiger partial charge in [0.2, 0.25) is 0 Å². The van der Waals surface area contributed by atoms with Gasteiger partial charge in [0, 0.05) is 6.54 Å². The largest absolute Gasteiger partial charge is 0.312 e. The molecule has 1 aromatic carbocycles. The van der Waals surface area contributed by atoms with E-state index in [0.29, 0.717) is 0 Å². The molecule has 0 unspecified atom stereocenters. The van der Waals surface area contributed by atoms with Gasteiger partial charge in [0.1, 0.15) is 0 Å². The van der Waals surface area contributed by atoms with Gasteiger partial charge in [-0.15, -0.1) is 0 Å². The highest BCUT2D eigenvalue weighted by molar-refractivity contribution is 5.22. The van der Waals surface area contributed by atoms with Crippen LogP contribution < -0.4 is 5.32 Å². The van der Waals surface area contributed by atoms with Gasteiger partial charge in [-0.3, -0.25) is 0 Å². The minimum Gasteiger partial charge on any atom is -0.312 e. The van der Waals surface area contributed by atoms with Crippen molar-refractivity contribution in [1.82, 2.24) is 5.32 Å². The van der Waals surface area contributed by atoms with Crippen LogP contribution in [0.15, 0.2) is 24.3 Å². The van der Waals surface area contributed by atoms with Gasteiger partial charge in [-0.05, 0) is 42.9 Å². The minimum absolute atomic E-state index is 0.958. The van der Waals surface area contributed by atoms with E-state index in [4.69, 9.17) is 0 Å². The van der Waals surface area contributed by atoms with Gasteiger partial charge < -0.3 is 5.32 Å². The molecule has 108 valence electrons. The molecule has 1 heteroatoms. The second-order valence-corrected chi connectivity index (χ2v) is 5.60. The maximum Gasteiger partial charge on any atom is 0.0205 e. The molecule has 0 saturated heterocycles. The average Bonchev–Trinajstić information content (AvgIpc) is 2.42. The van der Waals surface area contributed by atoms with Crippen molar-refractivity contribution in [3.05, 3.63) is 35.4 Å². The van der Waals surface area contributed by atoms with Crippen LogP contribution in [0.25, 0.3) is 0 Å². The Bertz CT molecular complexity index is 309. The van der Waals surface area contributed by atoms with Crippen molar-refractivity contribution in [2.24, 2.45) is 5.92 Å². The van der Waals surface area contributed by atoms with Crippen LogP contribution in [-0.2, 0) is 13.0 Å². The molecule has 0 amide bonds. The number of aryl methyl sites for hydroxylation is 1. The zero-order valence-corrected chi connectivity index (χ0v) is 13.0. The van der Waals surface area contributed by atoms with Gasteiger partial charge in [0.25, 0.3) is 0 Å². The Kier molecular flexibility index (Phi) is 8.57. The number of hydrogen-bond acceptors (Lipinski definition) is 1. The molecule has 0 radical (unpaired) electrons.